The molecule has 0 aliphatic heterocycles. The van der Waals surface area contributed by atoms with E-state index in [0.717, 1.165) is 12.0 Å². The van der Waals surface area contributed by atoms with Gasteiger partial charge >= 0.3 is 5.97 Å². The number of rotatable bonds is 15. The van der Waals surface area contributed by atoms with Crippen molar-refractivity contribution in [1.82, 2.24) is 0 Å². The second-order valence-electron chi connectivity index (χ2n) is 13.4. The predicted molar refractivity (Wildman–Crippen MR) is 159 cm³/mol. The predicted octanol–water partition coefficient (Wildman–Crippen LogP) is 7.13. The molecule has 6 heteroatoms. The van der Waals surface area contributed by atoms with Crippen LogP contribution in [0.3, 0.4) is 0 Å². The fraction of sp³-hybridized carbons (Fsp3) is 0.676. The Bertz CT molecular complexity index is 1050. The molecule has 2 unspecified atom stereocenters. The topological polar surface area (TPSA) is 101 Å². The number of carbonyl (C=O) groups excluding carboxylic acids is 3. The first kappa shape index (κ1) is 33.7. The second-order valence-corrected chi connectivity index (χ2v) is 13.4. The van der Waals surface area contributed by atoms with E-state index in [4.69, 9.17) is 4.74 Å². The van der Waals surface area contributed by atoms with Crippen LogP contribution in [0.5, 0.6) is 0 Å². The van der Waals surface area contributed by atoms with Gasteiger partial charge in [-0.05, 0) is 67.4 Å². The fourth-order valence-electron chi connectivity index (χ4n) is 5.52. The first-order valence-corrected chi connectivity index (χ1v) is 15.1. The van der Waals surface area contributed by atoms with E-state index < -0.39 is 46.8 Å². The molecule has 224 valence electrons. The lowest BCUT2D eigenvalue weighted by molar-refractivity contribution is -0.183. The smallest absolute Gasteiger partial charge is 0.314 e. The molecule has 6 nitrogen and oxygen atoms in total. The lowest BCUT2D eigenvalue weighted by Crippen LogP contribution is -2.53. The average Bonchev–Trinajstić information content (AvgIpc) is 3.06. The van der Waals surface area contributed by atoms with E-state index in [-0.39, 0.29) is 42.6 Å². The molecule has 40 heavy (non-hydrogen) atoms. The van der Waals surface area contributed by atoms with Gasteiger partial charge in [0.15, 0.2) is 17.3 Å². The summed E-state index contributed by atoms with van der Waals surface area (Å²) in [5, 5.41) is 23.3. The summed E-state index contributed by atoms with van der Waals surface area (Å²) >= 11 is 0. The number of ether oxygens (including phenoxy) is 1. The van der Waals surface area contributed by atoms with Crippen molar-refractivity contribution >= 4 is 17.5 Å². The van der Waals surface area contributed by atoms with Gasteiger partial charge in [0.25, 0.3) is 0 Å². The van der Waals surface area contributed by atoms with E-state index >= 15 is 0 Å². The van der Waals surface area contributed by atoms with E-state index in [1.54, 1.807) is 6.92 Å². The number of esters is 1. The molecule has 0 heterocycles. The Balaban J connectivity index is 2.58. The molecule has 1 aromatic rings. The molecule has 2 rings (SSSR count). The largest absolute Gasteiger partial charge is 0.507 e. The van der Waals surface area contributed by atoms with Crippen molar-refractivity contribution in [2.45, 2.75) is 118 Å². The number of allylic oxidation sites excluding steroid dienone is 1. The molecule has 0 bridgehead atoms. The van der Waals surface area contributed by atoms with Gasteiger partial charge in [0.05, 0.1) is 11.8 Å². The van der Waals surface area contributed by atoms with Crippen LogP contribution in [0.1, 0.15) is 111 Å². The summed E-state index contributed by atoms with van der Waals surface area (Å²) in [6, 6.07) is 7.79. The minimum Gasteiger partial charge on any atom is -0.507 e. The van der Waals surface area contributed by atoms with Crippen molar-refractivity contribution in [1.29, 1.82) is 0 Å². The minimum absolute atomic E-state index is 0.0307. The summed E-state index contributed by atoms with van der Waals surface area (Å²) in [7, 11) is 0. The third kappa shape index (κ3) is 8.05. The fourth-order valence-corrected chi connectivity index (χ4v) is 5.52. The molecule has 1 aliphatic rings. The van der Waals surface area contributed by atoms with Crippen molar-refractivity contribution in [3.63, 3.8) is 0 Å². The minimum atomic E-state index is -1.99. The monoisotopic (exact) mass is 556 g/mol. The Morgan fingerprint density at radius 3 is 1.93 bits per heavy atom. The van der Waals surface area contributed by atoms with E-state index in [0.29, 0.717) is 18.8 Å². The number of hydrogen-bond donors (Lipinski definition) is 2. The van der Waals surface area contributed by atoms with Gasteiger partial charge in [-0.1, -0.05) is 86.1 Å². The van der Waals surface area contributed by atoms with Gasteiger partial charge in [0, 0.05) is 6.42 Å². The molecule has 4 atom stereocenters. The van der Waals surface area contributed by atoms with Crippen LogP contribution in [-0.4, -0.2) is 39.5 Å². The Morgan fingerprint density at radius 1 is 0.850 bits per heavy atom. The van der Waals surface area contributed by atoms with Crippen LogP contribution in [0.25, 0.3) is 0 Å². The number of aliphatic hydroxyl groups is 2. The molecule has 0 fully saturated rings. The number of benzene rings is 1. The summed E-state index contributed by atoms with van der Waals surface area (Å²) in [6.45, 7) is 17.8. The molecular formula is C34H52O6. The highest BCUT2D eigenvalue weighted by atomic mass is 16.6. The average molecular weight is 557 g/mol. The van der Waals surface area contributed by atoms with Crippen LogP contribution < -0.4 is 0 Å². The molecule has 0 spiro atoms. The second kappa shape index (κ2) is 14.4. The van der Waals surface area contributed by atoms with Crippen molar-refractivity contribution in [3.05, 3.63) is 46.7 Å². The zero-order valence-corrected chi connectivity index (χ0v) is 26.1. The Hall–Kier alpha value is -2.47. The SMILES string of the molecule is CC(C)CCC(O)[C@@]1(OC(=O)C(C)c2ccc(CC(C)C)cc2)C(O)=C(C(=O)CC(C)C)C(=O)[C@@H]1CCC(C)C. The number of ketones is 2. The number of aliphatic hydroxyl groups excluding tert-OH is 2. The lowest BCUT2D eigenvalue weighted by atomic mass is 9.77. The molecule has 0 aromatic heterocycles. The molecular weight excluding hydrogens is 504 g/mol. The molecule has 1 aromatic carbocycles. The quantitative estimate of drug-likeness (QED) is 0.176. The first-order valence-electron chi connectivity index (χ1n) is 15.1. The first-order chi connectivity index (χ1) is 18.6. The van der Waals surface area contributed by atoms with Crippen LogP contribution in [0.2, 0.25) is 0 Å². The number of Topliss-reactive ketones (excluding diaryl/α,β-unsaturated/α-hetero) is 2. The summed E-state index contributed by atoms with van der Waals surface area (Å²) < 4.78 is 6.15. The number of hydrogen-bond acceptors (Lipinski definition) is 6. The summed E-state index contributed by atoms with van der Waals surface area (Å²) in [5.41, 5.74) is -0.397. The Labute approximate surface area is 241 Å². The highest BCUT2D eigenvalue weighted by Crippen LogP contribution is 2.47. The van der Waals surface area contributed by atoms with Gasteiger partial charge in [-0.15, -0.1) is 0 Å². The van der Waals surface area contributed by atoms with E-state index in [2.05, 4.69) is 13.8 Å². The highest BCUT2D eigenvalue weighted by Gasteiger charge is 2.62. The van der Waals surface area contributed by atoms with Crippen molar-refractivity contribution < 1.29 is 29.3 Å². The van der Waals surface area contributed by atoms with Crippen LogP contribution in [0.4, 0.5) is 0 Å². The third-order valence-corrected chi connectivity index (χ3v) is 7.85. The normalized spacial score (nSPS) is 21.1. The summed E-state index contributed by atoms with van der Waals surface area (Å²) in [5.74, 6) is -3.03. The third-order valence-electron chi connectivity index (χ3n) is 7.85. The molecule has 2 N–H and O–H groups in total. The van der Waals surface area contributed by atoms with Crippen LogP contribution in [-0.2, 0) is 25.5 Å². The molecule has 1 aliphatic carbocycles. The summed E-state index contributed by atoms with van der Waals surface area (Å²) in [4.78, 5) is 40.8. The van der Waals surface area contributed by atoms with Gasteiger partial charge in [-0.3, -0.25) is 14.4 Å². The van der Waals surface area contributed by atoms with Crippen LogP contribution in [0, 0.1) is 29.6 Å². The standard InChI is InChI=1S/C34H52O6/c1-20(2)10-16-27-31(37)30(28(35)19-23(7)8)32(38)34(27,29(36)17-11-21(3)4)40-33(39)24(9)26-14-12-25(13-15-26)18-22(5)6/h12-15,20-24,27,29,36,38H,10-11,16-19H2,1-9H3/t24?,27-,29?,34+/m0/s1. The van der Waals surface area contributed by atoms with Gasteiger partial charge in [0.2, 0.25) is 5.60 Å². The molecule has 0 saturated carbocycles. The van der Waals surface area contributed by atoms with Gasteiger partial charge in [-0.2, -0.15) is 0 Å². The van der Waals surface area contributed by atoms with Gasteiger partial charge < -0.3 is 14.9 Å². The number of carbonyl (C=O) groups is 3. The maximum Gasteiger partial charge on any atom is 0.314 e. The maximum absolute atomic E-state index is 13.8. The zero-order valence-electron chi connectivity index (χ0n) is 26.1. The lowest BCUT2D eigenvalue weighted by Gasteiger charge is -2.39. The van der Waals surface area contributed by atoms with Crippen LogP contribution >= 0.6 is 0 Å². The zero-order chi connectivity index (χ0) is 30.4. The van der Waals surface area contributed by atoms with Crippen LogP contribution in [0.15, 0.2) is 35.6 Å². The summed E-state index contributed by atoms with van der Waals surface area (Å²) in [6.07, 6.45) is 1.36. The molecule has 0 radical (unpaired) electrons. The van der Waals surface area contributed by atoms with Gasteiger partial charge in [-0.25, -0.2) is 0 Å². The Kier molecular flexibility index (Phi) is 12.2. The van der Waals surface area contributed by atoms with E-state index in [1.807, 2.05) is 65.8 Å². The molecule has 0 saturated heterocycles. The maximum atomic E-state index is 13.8. The highest BCUT2D eigenvalue weighted by molar-refractivity contribution is 6.23. The Morgan fingerprint density at radius 2 is 1.43 bits per heavy atom. The van der Waals surface area contributed by atoms with Crippen molar-refractivity contribution in [2.75, 3.05) is 0 Å². The van der Waals surface area contributed by atoms with E-state index in [1.165, 1.54) is 5.56 Å². The van der Waals surface area contributed by atoms with E-state index in [9.17, 15) is 24.6 Å². The van der Waals surface area contributed by atoms with Crippen molar-refractivity contribution in [3.8, 4) is 0 Å². The van der Waals surface area contributed by atoms with Gasteiger partial charge in [0.1, 0.15) is 11.7 Å². The molecule has 0 amide bonds. The van der Waals surface area contributed by atoms with Crippen molar-refractivity contribution in [2.24, 2.45) is 29.6 Å².